The molecule has 1 fully saturated rings. The lowest BCUT2D eigenvalue weighted by Gasteiger charge is -2.35. The Kier molecular flexibility index (Phi) is 8.21. The summed E-state index contributed by atoms with van der Waals surface area (Å²) in [4.78, 5) is 29.9. The Morgan fingerprint density at radius 1 is 0.947 bits per heavy atom. The predicted molar refractivity (Wildman–Crippen MR) is 149 cm³/mol. The van der Waals surface area contributed by atoms with Crippen LogP contribution in [0.5, 0.6) is 0 Å². The molecule has 0 saturated carbocycles. The Hall–Kier alpha value is -3.65. The topological polar surface area (TPSA) is 83.1 Å². The monoisotopic (exact) mass is 518 g/mol. The standard InChI is InChI=1S/C30H38N4O4/c1-22(2)33(20-23-6-8-24(9-7-23)30(3,4)5)21-27-14-15-28(38-27)29(35)32-18-16-31(17-19-32)25-10-12-26(13-11-25)34(36)37/h6-15,22H,16-21H2,1-5H3. The maximum atomic E-state index is 13.1. The second-order valence-electron chi connectivity index (χ2n) is 11.3. The van der Waals surface area contributed by atoms with E-state index >= 15 is 0 Å². The summed E-state index contributed by atoms with van der Waals surface area (Å²) in [6.45, 7) is 14.9. The number of anilines is 1. The van der Waals surface area contributed by atoms with E-state index in [0.717, 1.165) is 18.0 Å². The summed E-state index contributed by atoms with van der Waals surface area (Å²) in [6.07, 6.45) is 0. The summed E-state index contributed by atoms with van der Waals surface area (Å²) in [7, 11) is 0. The van der Waals surface area contributed by atoms with E-state index in [2.05, 4.69) is 68.7 Å². The van der Waals surface area contributed by atoms with Gasteiger partial charge in [0.1, 0.15) is 5.76 Å². The molecule has 1 amide bonds. The molecule has 202 valence electrons. The van der Waals surface area contributed by atoms with Crippen molar-refractivity contribution in [2.75, 3.05) is 31.1 Å². The van der Waals surface area contributed by atoms with Gasteiger partial charge in [-0.05, 0) is 54.7 Å². The van der Waals surface area contributed by atoms with Crippen molar-refractivity contribution in [3.05, 3.63) is 93.4 Å². The molecule has 0 radical (unpaired) electrons. The van der Waals surface area contributed by atoms with E-state index < -0.39 is 4.92 Å². The van der Waals surface area contributed by atoms with Crippen molar-refractivity contribution in [1.29, 1.82) is 0 Å². The molecule has 1 aromatic heterocycles. The third-order valence-electron chi connectivity index (χ3n) is 7.16. The van der Waals surface area contributed by atoms with Crippen molar-refractivity contribution < 1.29 is 14.1 Å². The molecule has 0 bridgehead atoms. The van der Waals surface area contributed by atoms with Gasteiger partial charge in [-0.25, -0.2) is 0 Å². The first-order valence-corrected chi connectivity index (χ1v) is 13.2. The molecular formula is C30H38N4O4. The van der Waals surface area contributed by atoms with Gasteiger partial charge in [0.15, 0.2) is 5.76 Å². The van der Waals surface area contributed by atoms with Crippen molar-refractivity contribution in [3.8, 4) is 0 Å². The van der Waals surface area contributed by atoms with E-state index in [1.807, 2.05) is 11.0 Å². The number of benzene rings is 2. The predicted octanol–water partition coefficient (Wildman–Crippen LogP) is 5.86. The quantitative estimate of drug-likeness (QED) is 0.274. The molecule has 3 aromatic rings. The van der Waals surface area contributed by atoms with Crippen molar-refractivity contribution in [2.45, 2.75) is 59.2 Å². The minimum Gasteiger partial charge on any atom is -0.455 e. The summed E-state index contributed by atoms with van der Waals surface area (Å²) >= 11 is 0. The van der Waals surface area contributed by atoms with Crippen LogP contribution < -0.4 is 4.90 Å². The van der Waals surface area contributed by atoms with Crippen molar-refractivity contribution >= 4 is 17.3 Å². The number of rotatable bonds is 8. The normalized spacial score (nSPS) is 14.4. The summed E-state index contributed by atoms with van der Waals surface area (Å²) < 4.78 is 6.02. The third kappa shape index (κ3) is 6.61. The van der Waals surface area contributed by atoms with Crippen LogP contribution in [0.4, 0.5) is 11.4 Å². The number of hydrogen-bond donors (Lipinski definition) is 0. The number of amides is 1. The van der Waals surface area contributed by atoms with Crippen LogP contribution in [0.3, 0.4) is 0 Å². The van der Waals surface area contributed by atoms with Crippen molar-refractivity contribution in [1.82, 2.24) is 9.80 Å². The van der Waals surface area contributed by atoms with Gasteiger partial charge in [0.05, 0.1) is 11.5 Å². The van der Waals surface area contributed by atoms with E-state index in [1.165, 1.54) is 23.3 Å². The number of piperazine rings is 1. The Balaban J connectivity index is 1.33. The van der Waals surface area contributed by atoms with Gasteiger partial charge in [-0.2, -0.15) is 0 Å². The van der Waals surface area contributed by atoms with E-state index in [9.17, 15) is 14.9 Å². The molecule has 0 atom stereocenters. The zero-order valence-corrected chi connectivity index (χ0v) is 23.0. The fraction of sp³-hybridized carbons (Fsp3) is 0.433. The average Bonchev–Trinajstić information content (AvgIpc) is 3.36. The van der Waals surface area contributed by atoms with Gasteiger partial charge in [0.25, 0.3) is 11.6 Å². The van der Waals surface area contributed by atoms with Gasteiger partial charge in [-0.15, -0.1) is 0 Å². The first-order chi connectivity index (χ1) is 18.0. The first-order valence-electron chi connectivity index (χ1n) is 13.2. The highest BCUT2D eigenvalue weighted by Crippen LogP contribution is 2.24. The summed E-state index contributed by atoms with van der Waals surface area (Å²) in [6, 6.07) is 19.3. The lowest BCUT2D eigenvalue weighted by atomic mass is 9.87. The van der Waals surface area contributed by atoms with Crippen molar-refractivity contribution in [3.63, 3.8) is 0 Å². The van der Waals surface area contributed by atoms with Crippen molar-refractivity contribution in [2.24, 2.45) is 0 Å². The number of carbonyl (C=O) groups is 1. The molecule has 8 nitrogen and oxygen atoms in total. The molecule has 1 saturated heterocycles. The van der Waals surface area contributed by atoms with Crippen LogP contribution in [0.15, 0.2) is 65.1 Å². The van der Waals surface area contributed by atoms with E-state index in [-0.39, 0.29) is 17.0 Å². The highest BCUT2D eigenvalue weighted by Gasteiger charge is 2.25. The first kappa shape index (κ1) is 27.4. The number of furan rings is 1. The van der Waals surface area contributed by atoms with Crippen LogP contribution in [-0.2, 0) is 18.5 Å². The van der Waals surface area contributed by atoms with Gasteiger partial charge < -0.3 is 14.2 Å². The largest absolute Gasteiger partial charge is 0.455 e. The third-order valence-corrected chi connectivity index (χ3v) is 7.16. The van der Waals surface area contributed by atoms with Crippen LogP contribution >= 0.6 is 0 Å². The summed E-state index contributed by atoms with van der Waals surface area (Å²) in [5.41, 5.74) is 3.70. The maximum absolute atomic E-state index is 13.1. The van der Waals surface area contributed by atoms with Crippen LogP contribution in [0, 0.1) is 10.1 Å². The second-order valence-corrected chi connectivity index (χ2v) is 11.3. The SMILES string of the molecule is CC(C)N(Cc1ccc(C(C)(C)C)cc1)Cc1ccc(C(=O)N2CCN(c3ccc([N+](=O)[O-])cc3)CC2)o1. The number of nitro benzene ring substituents is 1. The fourth-order valence-electron chi connectivity index (χ4n) is 4.65. The molecule has 4 rings (SSSR count). The number of nitro groups is 1. The minimum absolute atomic E-state index is 0.0747. The fourth-order valence-corrected chi connectivity index (χ4v) is 4.65. The molecule has 2 aromatic carbocycles. The van der Waals surface area contributed by atoms with E-state index in [4.69, 9.17) is 4.42 Å². The number of nitrogens with zero attached hydrogens (tertiary/aromatic N) is 4. The zero-order chi connectivity index (χ0) is 27.4. The molecule has 8 heteroatoms. The highest BCUT2D eigenvalue weighted by molar-refractivity contribution is 5.91. The van der Waals surface area contributed by atoms with Gasteiger partial charge in [0.2, 0.25) is 0 Å². The molecule has 1 aliphatic heterocycles. The lowest BCUT2D eigenvalue weighted by Crippen LogP contribution is -2.48. The molecule has 38 heavy (non-hydrogen) atoms. The second kappa shape index (κ2) is 11.4. The average molecular weight is 519 g/mol. The maximum Gasteiger partial charge on any atom is 0.289 e. The smallest absolute Gasteiger partial charge is 0.289 e. The van der Waals surface area contributed by atoms with E-state index in [0.29, 0.717) is 44.5 Å². The molecule has 0 N–H and O–H groups in total. The van der Waals surface area contributed by atoms with Crippen LogP contribution in [-0.4, -0.2) is 52.9 Å². The summed E-state index contributed by atoms with van der Waals surface area (Å²) in [5.74, 6) is 1.04. The van der Waals surface area contributed by atoms with E-state index in [1.54, 1.807) is 18.2 Å². The van der Waals surface area contributed by atoms with Gasteiger partial charge in [0, 0.05) is 56.6 Å². The summed E-state index contributed by atoms with van der Waals surface area (Å²) in [5, 5.41) is 10.9. The van der Waals surface area contributed by atoms with Crippen LogP contribution in [0.2, 0.25) is 0 Å². The van der Waals surface area contributed by atoms with Crippen LogP contribution in [0.25, 0.3) is 0 Å². The highest BCUT2D eigenvalue weighted by atomic mass is 16.6. The Morgan fingerprint density at radius 3 is 2.13 bits per heavy atom. The zero-order valence-electron chi connectivity index (χ0n) is 23.0. The van der Waals surface area contributed by atoms with Gasteiger partial charge in [-0.3, -0.25) is 19.8 Å². The number of non-ortho nitro benzene ring substituents is 1. The number of hydrogen-bond acceptors (Lipinski definition) is 6. The molecule has 0 unspecified atom stereocenters. The molecule has 0 spiro atoms. The molecule has 0 aliphatic carbocycles. The lowest BCUT2D eigenvalue weighted by molar-refractivity contribution is -0.384. The molecule has 1 aliphatic rings. The van der Waals surface area contributed by atoms with Gasteiger partial charge >= 0.3 is 0 Å². The Morgan fingerprint density at radius 2 is 1.58 bits per heavy atom. The Labute approximate surface area is 225 Å². The molecule has 2 heterocycles. The Bertz CT molecular complexity index is 1230. The molecular weight excluding hydrogens is 480 g/mol. The van der Waals surface area contributed by atoms with Gasteiger partial charge in [-0.1, -0.05) is 45.0 Å². The number of carbonyl (C=O) groups excluding carboxylic acids is 1. The van der Waals surface area contributed by atoms with Crippen LogP contribution in [0.1, 0.15) is 62.1 Å². The minimum atomic E-state index is -0.400.